The van der Waals surface area contributed by atoms with Gasteiger partial charge in [-0.25, -0.2) is 9.37 Å². The Hall–Kier alpha value is -4.24. The van der Waals surface area contributed by atoms with Gasteiger partial charge in [0.15, 0.2) is 22.1 Å². The average Bonchev–Trinajstić information content (AvgIpc) is 3.45. The van der Waals surface area contributed by atoms with Crippen LogP contribution in [0.25, 0.3) is 21.2 Å². The zero-order chi connectivity index (χ0) is 25.7. The number of anilines is 1. The molecular weight excluding hydrogens is 495 g/mol. The number of hydrogen-bond donors (Lipinski definition) is 0. The molecule has 0 aliphatic carbocycles. The molecule has 6 rings (SSSR count). The number of benzene rings is 3. The molecule has 0 unspecified atom stereocenters. The lowest BCUT2D eigenvalue weighted by Gasteiger charge is -2.23. The van der Waals surface area contributed by atoms with Crippen LogP contribution in [0.15, 0.2) is 69.9 Å². The maximum atomic E-state index is 13.9. The van der Waals surface area contributed by atoms with Crippen LogP contribution in [-0.2, 0) is 0 Å². The fourth-order valence-electron chi connectivity index (χ4n) is 4.61. The van der Waals surface area contributed by atoms with E-state index in [1.807, 2.05) is 6.92 Å². The molecule has 9 heteroatoms. The standard InChI is InChI=1S/C28H21FN2O5S/c1-3-12-35-20-11-8-15(13-21(20)34-2)24-23-25(32)17-6-4-5-7-19(17)36-26(23)27(33)31(24)28-30-18-10-9-16(29)14-22(18)37-28/h4-11,13-14,24H,3,12H2,1-2H3/t24-/m0/s1. The number of carbonyl (C=O) groups excluding carboxylic acids is 1. The van der Waals surface area contributed by atoms with E-state index in [9.17, 15) is 14.0 Å². The summed E-state index contributed by atoms with van der Waals surface area (Å²) in [6.45, 7) is 2.53. The Balaban J connectivity index is 1.59. The van der Waals surface area contributed by atoms with Gasteiger partial charge in [-0.1, -0.05) is 36.5 Å². The first-order chi connectivity index (χ1) is 18.0. The number of thiazole rings is 1. The molecule has 0 saturated carbocycles. The molecule has 3 heterocycles. The summed E-state index contributed by atoms with van der Waals surface area (Å²) in [5, 5.41) is 0.706. The van der Waals surface area contributed by atoms with E-state index in [0.717, 1.165) is 6.42 Å². The van der Waals surface area contributed by atoms with E-state index in [2.05, 4.69) is 4.98 Å². The van der Waals surface area contributed by atoms with Gasteiger partial charge in [0.05, 0.1) is 40.9 Å². The third kappa shape index (κ3) is 3.74. The molecule has 1 aliphatic heterocycles. The fourth-order valence-corrected chi connectivity index (χ4v) is 5.62. The summed E-state index contributed by atoms with van der Waals surface area (Å²) in [4.78, 5) is 33.6. The van der Waals surface area contributed by atoms with Crippen molar-refractivity contribution >= 4 is 43.6 Å². The van der Waals surface area contributed by atoms with E-state index in [4.69, 9.17) is 13.9 Å². The lowest BCUT2D eigenvalue weighted by Crippen LogP contribution is -2.29. The molecule has 3 aromatic carbocycles. The summed E-state index contributed by atoms with van der Waals surface area (Å²) < 4.78 is 31.9. The largest absolute Gasteiger partial charge is 0.493 e. The SMILES string of the molecule is CCCOc1ccc([C@H]2c3c(oc4ccccc4c3=O)C(=O)N2c2nc3ccc(F)cc3s2)cc1OC. The van der Waals surface area contributed by atoms with Gasteiger partial charge < -0.3 is 13.9 Å². The average molecular weight is 517 g/mol. The molecule has 1 atom stereocenters. The third-order valence-corrected chi connectivity index (χ3v) is 7.31. The van der Waals surface area contributed by atoms with Crippen LogP contribution in [0, 0.1) is 5.82 Å². The maximum absolute atomic E-state index is 13.9. The first-order valence-corrected chi connectivity index (χ1v) is 12.6. The second-order valence-electron chi connectivity index (χ2n) is 8.62. The monoisotopic (exact) mass is 516 g/mol. The van der Waals surface area contributed by atoms with Crippen LogP contribution in [0.5, 0.6) is 11.5 Å². The number of hydrogen-bond acceptors (Lipinski definition) is 7. The molecule has 37 heavy (non-hydrogen) atoms. The van der Waals surface area contributed by atoms with E-state index >= 15 is 0 Å². The minimum absolute atomic E-state index is 0.0376. The van der Waals surface area contributed by atoms with Crippen LogP contribution < -0.4 is 19.8 Å². The molecule has 2 aromatic heterocycles. The van der Waals surface area contributed by atoms with E-state index in [1.165, 1.54) is 35.5 Å². The van der Waals surface area contributed by atoms with Gasteiger partial charge in [0, 0.05) is 0 Å². The van der Waals surface area contributed by atoms with E-state index in [-0.39, 0.29) is 16.8 Å². The number of rotatable bonds is 6. The van der Waals surface area contributed by atoms with Gasteiger partial charge in [-0.15, -0.1) is 0 Å². The number of aromatic nitrogens is 1. The number of halogens is 1. The van der Waals surface area contributed by atoms with Crippen molar-refractivity contribution in [2.75, 3.05) is 18.6 Å². The highest BCUT2D eigenvalue weighted by Crippen LogP contribution is 2.45. The van der Waals surface area contributed by atoms with Crippen LogP contribution in [-0.4, -0.2) is 24.6 Å². The predicted octanol–water partition coefficient (Wildman–Crippen LogP) is 6.09. The third-order valence-electron chi connectivity index (χ3n) is 6.29. The van der Waals surface area contributed by atoms with Crippen LogP contribution >= 0.6 is 11.3 Å². The summed E-state index contributed by atoms with van der Waals surface area (Å²) >= 11 is 1.17. The van der Waals surface area contributed by atoms with Crippen LogP contribution in [0.1, 0.15) is 41.1 Å². The number of nitrogens with zero attached hydrogens (tertiary/aromatic N) is 2. The summed E-state index contributed by atoms with van der Waals surface area (Å²) in [7, 11) is 1.54. The summed E-state index contributed by atoms with van der Waals surface area (Å²) in [6, 6.07) is 15.6. The Morgan fingerprint density at radius 1 is 1.08 bits per heavy atom. The van der Waals surface area contributed by atoms with Crippen molar-refractivity contribution in [1.29, 1.82) is 0 Å². The summed E-state index contributed by atoms with van der Waals surface area (Å²) in [5.41, 5.74) is 1.43. The highest BCUT2D eigenvalue weighted by Gasteiger charge is 2.45. The second kappa shape index (κ2) is 9.01. The quantitative estimate of drug-likeness (QED) is 0.272. The first kappa shape index (κ1) is 23.2. The van der Waals surface area contributed by atoms with Gasteiger partial charge in [0.1, 0.15) is 11.4 Å². The zero-order valence-corrected chi connectivity index (χ0v) is 20.8. The lowest BCUT2D eigenvalue weighted by molar-refractivity contribution is 0.0971. The molecule has 186 valence electrons. The minimum atomic E-state index is -0.831. The van der Waals surface area contributed by atoms with Crippen molar-refractivity contribution in [2.24, 2.45) is 0 Å². The van der Waals surface area contributed by atoms with Crippen LogP contribution in [0.2, 0.25) is 0 Å². The van der Waals surface area contributed by atoms with Gasteiger partial charge in [-0.05, 0) is 54.4 Å². The fraction of sp³-hybridized carbons (Fsp3) is 0.179. The van der Waals surface area contributed by atoms with Gasteiger partial charge >= 0.3 is 0 Å². The minimum Gasteiger partial charge on any atom is -0.493 e. The normalized spacial score (nSPS) is 14.9. The predicted molar refractivity (Wildman–Crippen MR) is 139 cm³/mol. The molecule has 5 aromatic rings. The van der Waals surface area contributed by atoms with Crippen molar-refractivity contribution < 1.29 is 23.1 Å². The Morgan fingerprint density at radius 3 is 2.73 bits per heavy atom. The van der Waals surface area contributed by atoms with Gasteiger partial charge in [0.2, 0.25) is 5.76 Å². The number of para-hydroxylation sites is 1. The van der Waals surface area contributed by atoms with Crippen molar-refractivity contribution in [3.05, 3.63) is 93.6 Å². The number of amides is 1. The highest BCUT2D eigenvalue weighted by molar-refractivity contribution is 7.22. The molecular formula is C28H21FN2O5S. The topological polar surface area (TPSA) is 81.9 Å². The second-order valence-corrected chi connectivity index (χ2v) is 9.62. The Labute approximate surface area is 214 Å². The molecule has 0 spiro atoms. The molecule has 0 bridgehead atoms. The lowest BCUT2D eigenvalue weighted by atomic mass is 9.98. The maximum Gasteiger partial charge on any atom is 0.297 e. The number of ether oxygens (including phenoxy) is 2. The van der Waals surface area contributed by atoms with Gasteiger partial charge in [-0.3, -0.25) is 14.5 Å². The molecule has 1 amide bonds. The van der Waals surface area contributed by atoms with Crippen molar-refractivity contribution in [3.63, 3.8) is 0 Å². The van der Waals surface area contributed by atoms with Crippen LogP contribution in [0.3, 0.4) is 0 Å². The molecule has 0 N–H and O–H groups in total. The first-order valence-electron chi connectivity index (χ1n) is 11.8. The van der Waals surface area contributed by atoms with Crippen molar-refractivity contribution in [2.45, 2.75) is 19.4 Å². The Bertz CT molecular complexity index is 1740. The Kier molecular flexibility index (Phi) is 5.64. The van der Waals surface area contributed by atoms with E-state index in [1.54, 1.807) is 48.5 Å². The van der Waals surface area contributed by atoms with Crippen molar-refractivity contribution in [3.8, 4) is 11.5 Å². The number of methoxy groups -OCH3 is 1. The van der Waals surface area contributed by atoms with E-state index < -0.39 is 17.8 Å². The van der Waals surface area contributed by atoms with Gasteiger partial charge in [-0.2, -0.15) is 0 Å². The summed E-state index contributed by atoms with van der Waals surface area (Å²) in [5.74, 6) is 0.108. The van der Waals surface area contributed by atoms with Gasteiger partial charge in [0.25, 0.3) is 5.91 Å². The smallest absolute Gasteiger partial charge is 0.297 e. The Morgan fingerprint density at radius 2 is 1.92 bits per heavy atom. The molecule has 0 fully saturated rings. The molecule has 0 saturated heterocycles. The number of carbonyl (C=O) groups is 1. The van der Waals surface area contributed by atoms with E-state index in [0.29, 0.717) is 50.0 Å². The highest BCUT2D eigenvalue weighted by atomic mass is 32.1. The molecule has 0 radical (unpaired) electrons. The molecule has 1 aliphatic rings. The van der Waals surface area contributed by atoms with Crippen LogP contribution in [0.4, 0.5) is 9.52 Å². The van der Waals surface area contributed by atoms with Crippen molar-refractivity contribution in [1.82, 2.24) is 4.98 Å². The zero-order valence-electron chi connectivity index (χ0n) is 20.0. The summed E-state index contributed by atoms with van der Waals surface area (Å²) in [6.07, 6.45) is 0.829. The number of fused-ring (bicyclic) bond motifs is 3. The molecule has 7 nitrogen and oxygen atoms in total.